The third-order valence-electron chi connectivity index (χ3n) is 3.62. The third-order valence-corrected chi connectivity index (χ3v) is 5.44. The zero-order valence-electron chi connectivity index (χ0n) is 13.2. The van der Waals surface area contributed by atoms with Gasteiger partial charge in [-0.15, -0.1) is 0 Å². The molecule has 0 unspecified atom stereocenters. The van der Waals surface area contributed by atoms with E-state index in [0.29, 0.717) is 24.1 Å². The highest BCUT2D eigenvalue weighted by Gasteiger charge is 2.24. The Balaban J connectivity index is 1.91. The monoisotopic (exact) mass is 343 g/mol. The van der Waals surface area contributed by atoms with Crippen molar-refractivity contribution in [3.63, 3.8) is 0 Å². The second-order valence-electron chi connectivity index (χ2n) is 5.34. The minimum Gasteiger partial charge on any atom is -0.477 e. The lowest BCUT2D eigenvalue weighted by Crippen LogP contribution is -2.05. The maximum absolute atomic E-state index is 12.4. The first-order chi connectivity index (χ1) is 11.5. The summed E-state index contributed by atoms with van der Waals surface area (Å²) >= 11 is 0. The number of nitrogens with zero attached hydrogens (tertiary/aromatic N) is 2. The van der Waals surface area contributed by atoms with E-state index in [-0.39, 0.29) is 15.7 Å². The van der Waals surface area contributed by atoms with Gasteiger partial charge in [0.25, 0.3) is 0 Å². The standard InChI is InChI=1S/C17H17N3O3S/c1-12(2)24(21,22)14-10-18-16-15(14)17(20-11-19-16)23-9-8-13-6-4-3-5-7-13/h3-7,10-11H,1,8-9H2,2H3,(H,18,19,20). The Kier molecular flexibility index (Phi) is 4.35. The van der Waals surface area contributed by atoms with Gasteiger partial charge in [-0.25, -0.2) is 18.4 Å². The number of hydrogen-bond acceptors (Lipinski definition) is 5. The molecule has 0 atom stereocenters. The Morgan fingerprint density at radius 1 is 1.25 bits per heavy atom. The molecule has 0 bridgehead atoms. The molecule has 2 heterocycles. The summed E-state index contributed by atoms with van der Waals surface area (Å²) in [6.07, 6.45) is 3.43. The maximum atomic E-state index is 12.4. The summed E-state index contributed by atoms with van der Waals surface area (Å²) in [4.78, 5) is 11.1. The molecule has 0 saturated carbocycles. The van der Waals surface area contributed by atoms with Gasteiger partial charge in [-0.05, 0) is 12.5 Å². The van der Waals surface area contributed by atoms with Crippen molar-refractivity contribution in [1.82, 2.24) is 15.0 Å². The van der Waals surface area contributed by atoms with Gasteiger partial charge in [-0.1, -0.05) is 36.9 Å². The molecular formula is C17H17N3O3S. The molecule has 2 aromatic heterocycles. The van der Waals surface area contributed by atoms with Crippen molar-refractivity contribution >= 4 is 20.9 Å². The first kappa shape index (κ1) is 16.2. The molecule has 7 heteroatoms. The second-order valence-corrected chi connectivity index (χ2v) is 7.49. The Labute approximate surface area is 140 Å². The van der Waals surface area contributed by atoms with Crippen LogP contribution in [0.2, 0.25) is 0 Å². The van der Waals surface area contributed by atoms with E-state index in [4.69, 9.17) is 4.74 Å². The number of aromatic nitrogens is 3. The van der Waals surface area contributed by atoms with Gasteiger partial charge in [-0.2, -0.15) is 0 Å². The van der Waals surface area contributed by atoms with Crippen molar-refractivity contribution < 1.29 is 13.2 Å². The van der Waals surface area contributed by atoms with Crippen molar-refractivity contribution in [3.05, 3.63) is 59.9 Å². The molecule has 0 aliphatic carbocycles. The van der Waals surface area contributed by atoms with E-state index in [0.717, 1.165) is 5.56 Å². The molecule has 124 valence electrons. The highest BCUT2D eigenvalue weighted by Crippen LogP contribution is 2.31. The molecule has 0 spiro atoms. The number of nitrogens with one attached hydrogen (secondary N) is 1. The van der Waals surface area contributed by atoms with E-state index in [1.165, 1.54) is 19.4 Å². The normalized spacial score (nSPS) is 11.5. The van der Waals surface area contributed by atoms with E-state index in [2.05, 4.69) is 21.5 Å². The SMILES string of the molecule is C=C(C)S(=O)(=O)c1c[nH]c2ncnc(OCCc3ccccc3)c12. The van der Waals surface area contributed by atoms with Crippen LogP contribution in [0.1, 0.15) is 12.5 Å². The fraction of sp³-hybridized carbons (Fsp3) is 0.176. The molecule has 1 aromatic carbocycles. The minimum atomic E-state index is -3.65. The predicted molar refractivity (Wildman–Crippen MR) is 91.5 cm³/mol. The van der Waals surface area contributed by atoms with Gasteiger partial charge in [0.1, 0.15) is 16.9 Å². The van der Waals surface area contributed by atoms with E-state index < -0.39 is 9.84 Å². The molecule has 24 heavy (non-hydrogen) atoms. The number of H-pyrrole nitrogens is 1. The quantitative estimate of drug-likeness (QED) is 0.744. The number of aromatic amines is 1. The lowest BCUT2D eigenvalue weighted by molar-refractivity contribution is 0.313. The molecule has 0 radical (unpaired) electrons. The number of benzene rings is 1. The topological polar surface area (TPSA) is 84.9 Å². The third kappa shape index (κ3) is 3.03. The van der Waals surface area contributed by atoms with Crippen LogP contribution in [0.3, 0.4) is 0 Å². The summed E-state index contributed by atoms with van der Waals surface area (Å²) in [7, 11) is -3.65. The van der Waals surface area contributed by atoms with Gasteiger partial charge in [0.05, 0.1) is 12.0 Å². The Bertz CT molecular complexity index is 979. The zero-order chi connectivity index (χ0) is 17.2. The van der Waals surface area contributed by atoms with Crippen LogP contribution in [-0.2, 0) is 16.3 Å². The number of allylic oxidation sites excluding steroid dienone is 1. The minimum absolute atomic E-state index is 0.0579. The molecule has 0 aliphatic heterocycles. The van der Waals surface area contributed by atoms with Crippen molar-refractivity contribution in [1.29, 1.82) is 0 Å². The molecular weight excluding hydrogens is 326 g/mol. The van der Waals surface area contributed by atoms with Gasteiger partial charge in [0.15, 0.2) is 0 Å². The predicted octanol–water partition coefficient (Wildman–Crippen LogP) is 2.89. The van der Waals surface area contributed by atoms with Gasteiger partial charge in [0, 0.05) is 17.5 Å². The average molecular weight is 343 g/mol. The fourth-order valence-corrected chi connectivity index (χ4v) is 3.37. The second kappa shape index (κ2) is 6.45. The summed E-state index contributed by atoms with van der Waals surface area (Å²) < 4.78 is 30.6. The first-order valence-corrected chi connectivity index (χ1v) is 8.88. The molecule has 3 aromatic rings. The van der Waals surface area contributed by atoms with E-state index in [1.54, 1.807) is 0 Å². The van der Waals surface area contributed by atoms with Crippen molar-refractivity contribution in [2.45, 2.75) is 18.2 Å². The Hall–Kier alpha value is -2.67. The summed E-state index contributed by atoms with van der Waals surface area (Å²) in [6.45, 7) is 5.37. The number of ether oxygens (including phenoxy) is 1. The number of fused-ring (bicyclic) bond motifs is 1. The van der Waals surface area contributed by atoms with Crippen LogP contribution in [0.5, 0.6) is 5.88 Å². The van der Waals surface area contributed by atoms with Crippen LogP contribution in [0, 0.1) is 0 Å². The van der Waals surface area contributed by atoms with Crippen LogP contribution in [-0.4, -0.2) is 30.0 Å². The van der Waals surface area contributed by atoms with Gasteiger partial charge in [-0.3, -0.25) is 0 Å². The van der Waals surface area contributed by atoms with Crippen molar-refractivity contribution in [3.8, 4) is 5.88 Å². The van der Waals surface area contributed by atoms with Crippen molar-refractivity contribution in [2.75, 3.05) is 6.61 Å². The molecule has 1 N–H and O–H groups in total. The van der Waals surface area contributed by atoms with Crippen LogP contribution < -0.4 is 4.74 Å². The Morgan fingerprint density at radius 2 is 2.00 bits per heavy atom. The molecule has 0 fully saturated rings. The highest BCUT2D eigenvalue weighted by molar-refractivity contribution is 7.95. The largest absolute Gasteiger partial charge is 0.477 e. The molecule has 0 amide bonds. The lowest BCUT2D eigenvalue weighted by atomic mass is 10.2. The van der Waals surface area contributed by atoms with Gasteiger partial charge < -0.3 is 9.72 Å². The lowest BCUT2D eigenvalue weighted by Gasteiger charge is -2.08. The molecule has 6 nitrogen and oxygen atoms in total. The average Bonchev–Trinajstić information content (AvgIpc) is 3.01. The zero-order valence-corrected chi connectivity index (χ0v) is 14.0. The summed E-state index contributed by atoms with van der Waals surface area (Å²) in [5, 5.41) is 0.355. The fourth-order valence-electron chi connectivity index (χ4n) is 2.33. The van der Waals surface area contributed by atoms with Crippen LogP contribution >= 0.6 is 0 Å². The Morgan fingerprint density at radius 3 is 2.71 bits per heavy atom. The van der Waals surface area contributed by atoms with E-state index in [9.17, 15) is 8.42 Å². The summed E-state index contributed by atoms with van der Waals surface area (Å²) in [5.41, 5.74) is 1.55. The number of hydrogen-bond donors (Lipinski definition) is 1. The van der Waals surface area contributed by atoms with Crippen LogP contribution in [0.25, 0.3) is 11.0 Å². The van der Waals surface area contributed by atoms with Gasteiger partial charge >= 0.3 is 0 Å². The maximum Gasteiger partial charge on any atom is 0.227 e. The number of sulfone groups is 1. The van der Waals surface area contributed by atoms with Crippen molar-refractivity contribution in [2.24, 2.45) is 0 Å². The van der Waals surface area contributed by atoms with Crippen LogP contribution in [0.15, 0.2) is 59.2 Å². The van der Waals surface area contributed by atoms with E-state index >= 15 is 0 Å². The molecule has 3 rings (SSSR count). The smallest absolute Gasteiger partial charge is 0.227 e. The first-order valence-electron chi connectivity index (χ1n) is 7.39. The highest BCUT2D eigenvalue weighted by atomic mass is 32.2. The molecule has 0 aliphatic rings. The molecule has 0 saturated heterocycles. The summed E-state index contributed by atoms with van der Waals surface area (Å²) in [6, 6.07) is 9.88. The van der Waals surface area contributed by atoms with Crippen LogP contribution in [0.4, 0.5) is 0 Å². The van der Waals surface area contributed by atoms with E-state index in [1.807, 2.05) is 30.3 Å². The number of rotatable bonds is 6. The summed E-state index contributed by atoms with van der Waals surface area (Å²) in [5.74, 6) is 0.247. The van der Waals surface area contributed by atoms with Gasteiger partial charge in [0.2, 0.25) is 15.7 Å².